The molecule has 0 fully saturated rings. The Labute approximate surface area is 251 Å². The van der Waals surface area contributed by atoms with E-state index in [-0.39, 0.29) is 33.1 Å². The van der Waals surface area contributed by atoms with Gasteiger partial charge in [-0.2, -0.15) is 8.78 Å². The van der Waals surface area contributed by atoms with Crippen LogP contribution >= 0.6 is 11.3 Å². The number of halogens is 5. The lowest BCUT2D eigenvalue weighted by atomic mass is 9.91. The fraction of sp³-hybridized carbons (Fsp3) is 0.214. The standard InChI is InChI=1S/C28H23F5N2O7S2/c1-14(15-8-20(40-2)13-22(9-15)42-28(31,32)33)25(36)17-7-19(12-21(10-17)41-27(29)30)34-26(37)24-11-16-6-18(35-44(3,38)39)4-5-23(16)43-24/h4-14,27,35H,1-3H3,(H,34,37). The smallest absolute Gasteiger partial charge is 0.497 e. The van der Waals surface area contributed by atoms with Crippen LogP contribution in [0.2, 0.25) is 0 Å². The van der Waals surface area contributed by atoms with Crippen LogP contribution < -0.4 is 24.2 Å². The highest BCUT2D eigenvalue weighted by Gasteiger charge is 2.32. The number of ketones is 1. The van der Waals surface area contributed by atoms with Crippen molar-refractivity contribution in [2.75, 3.05) is 23.4 Å². The summed E-state index contributed by atoms with van der Waals surface area (Å²) in [5, 5.41) is 3.09. The number of thiophene rings is 1. The van der Waals surface area contributed by atoms with Gasteiger partial charge in [-0.1, -0.05) is 6.92 Å². The summed E-state index contributed by atoms with van der Waals surface area (Å²) < 4.78 is 104. The first-order valence-electron chi connectivity index (χ1n) is 12.4. The van der Waals surface area contributed by atoms with E-state index >= 15 is 0 Å². The van der Waals surface area contributed by atoms with Gasteiger partial charge in [0.1, 0.15) is 17.2 Å². The number of benzene rings is 3. The van der Waals surface area contributed by atoms with Gasteiger partial charge in [-0.3, -0.25) is 14.3 Å². The average molecular weight is 659 g/mol. The number of ether oxygens (including phenoxy) is 3. The minimum atomic E-state index is -5.01. The first-order valence-corrected chi connectivity index (χ1v) is 15.1. The number of carbonyl (C=O) groups is 2. The summed E-state index contributed by atoms with van der Waals surface area (Å²) in [6.45, 7) is -1.88. The molecule has 234 valence electrons. The quantitative estimate of drug-likeness (QED) is 0.131. The van der Waals surface area contributed by atoms with Gasteiger partial charge in [-0.25, -0.2) is 8.42 Å². The highest BCUT2D eigenvalue weighted by Crippen LogP contribution is 2.34. The van der Waals surface area contributed by atoms with E-state index in [2.05, 4.69) is 19.5 Å². The zero-order valence-corrected chi connectivity index (χ0v) is 24.6. The van der Waals surface area contributed by atoms with Gasteiger partial charge in [0.15, 0.2) is 5.78 Å². The lowest BCUT2D eigenvalue weighted by Gasteiger charge is -2.17. The largest absolute Gasteiger partial charge is 0.573 e. The second-order valence-electron chi connectivity index (χ2n) is 9.39. The topological polar surface area (TPSA) is 120 Å². The summed E-state index contributed by atoms with van der Waals surface area (Å²) >= 11 is 1.08. The van der Waals surface area contributed by atoms with Crippen molar-refractivity contribution in [3.05, 3.63) is 76.7 Å². The molecule has 4 aromatic rings. The second kappa shape index (κ2) is 12.7. The van der Waals surface area contributed by atoms with Gasteiger partial charge >= 0.3 is 13.0 Å². The summed E-state index contributed by atoms with van der Waals surface area (Å²) in [6, 6.07) is 12.8. The molecule has 0 bridgehead atoms. The van der Waals surface area contributed by atoms with Gasteiger partial charge in [-0.05, 0) is 59.5 Å². The molecule has 44 heavy (non-hydrogen) atoms. The number of hydrogen-bond acceptors (Lipinski definition) is 8. The predicted molar refractivity (Wildman–Crippen MR) is 154 cm³/mol. The molecule has 1 unspecified atom stereocenters. The lowest BCUT2D eigenvalue weighted by molar-refractivity contribution is -0.274. The van der Waals surface area contributed by atoms with Crippen LogP contribution in [0.3, 0.4) is 0 Å². The van der Waals surface area contributed by atoms with Crippen molar-refractivity contribution in [2.45, 2.75) is 25.8 Å². The Hall–Kier alpha value is -4.44. The molecule has 0 saturated carbocycles. The molecular weight excluding hydrogens is 635 g/mol. The number of hydrogen-bond donors (Lipinski definition) is 2. The molecular formula is C28H23F5N2O7S2. The molecule has 16 heteroatoms. The third-order valence-electron chi connectivity index (χ3n) is 5.98. The highest BCUT2D eigenvalue weighted by atomic mass is 32.2. The van der Waals surface area contributed by atoms with Crippen molar-refractivity contribution in [1.29, 1.82) is 0 Å². The minimum Gasteiger partial charge on any atom is -0.497 e. The number of Topliss-reactive ketones (excluding diaryl/α,β-unsaturated/α-hetero) is 1. The maximum Gasteiger partial charge on any atom is 0.573 e. The van der Waals surface area contributed by atoms with E-state index in [9.17, 15) is 40.0 Å². The maximum atomic E-state index is 13.4. The van der Waals surface area contributed by atoms with E-state index in [0.717, 1.165) is 41.9 Å². The molecule has 0 aliphatic carbocycles. The van der Waals surface area contributed by atoms with Crippen LogP contribution in [0.1, 0.15) is 38.4 Å². The SMILES string of the molecule is COc1cc(OC(F)(F)F)cc(C(C)C(=O)c2cc(NC(=O)c3cc4cc(NS(C)(=O)=O)ccc4s3)cc(OC(F)F)c2)c1. The van der Waals surface area contributed by atoms with Crippen molar-refractivity contribution in [3.63, 3.8) is 0 Å². The number of rotatable bonds is 11. The lowest BCUT2D eigenvalue weighted by Crippen LogP contribution is -2.18. The van der Waals surface area contributed by atoms with Crippen molar-refractivity contribution in [2.24, 2.45) is 0 Å². The summed E-state index contributed by atoms with van der Waals surface area (Å²) in [4.78, 5) is 26.7. The Morgan fingerprint density at radius 1 is 0.909 bits per heavy atom. The first kappa shape index (κ1) is 32.5. The zero-order valence-electron chi connectivity index (χ0n) is 23.0. The van der Waals surface area contributed by atoms with Crippen LogP contribution in [0, 0.1) is 0 Å². The Bertz CT molecular complexity index is 1820. The van der Waals surface area contributed by atoms with Crippen molar-refractivity contribution in [3.8, 4) is 17.2 Å². The number of anilines is 2. The fourth-order valence-corrected chi connectivity index (χ4v) is 5.66. The first-order chi connectivity index (χ1) is 20.5. The number of fused-ring (bicyclic) bond motifs is 1. The van der Waals surface area contributed by atoms with Crippen LogP contribution in [0.4, 0.5) is 33.3 Å². The fourth-order valence-electron chi connectivity index (χ4n) is 4.17. The zero-order chi connectivity index (χ0) is 32.4. The van der Waals surface area contributed by atoms with Gasteiger partial charge < -0.3 is 19.5 Å². The molecule has 3 aromatic carbocycles. The third kappa shape index (κ3) is 8.57. The molecule has 0 aliphatic rings. The number of amides is 1. The number of methoxy groups -OCH3 is 1. The normalized spacial score (nSPS) is 12.6. The van der Waals surface area contributed by atoms with E-state index in [1.165, 1.54) is 44.4 Å². The second-order valence-corrected chi connectivity index (χ2v) is 12.2. The van der Waals surface area contributed by atoms with E-state index in [0.29, 0.717) is 10.1 Å². The van der Waals surface area contributed by atoms with Crippen molar-refractivity contribution < 1.29 is 54.2 Å². The van der Waals surface area contributed by atoms with Crippen LogP contribution in [0.25, 0.3) is 10.1 Å². The molecule has 0 spiro atoms. The minimum absolute atomic E-state index is 0.0216. The van der Waals surface area contributed by atoms with Crippen LogP contribution in [0.15, 0.2) is 60.7 Å². The molecule has 0 radical (unpaired) electrons. The number of nitrogens with one attached hydrogen (secondary N) is 2. The predicted octanol–water partition coefficient (Wildman–Crippen LogP) is 7.02. The van der Waals surface area contributed by atoms with E-state index in [4.69, 9.17) is 4.74 Å². The Morgan fingerprint density at radius 3 is 2.25 bits per heavy atom. The number of sulfonamides is 1. The molecule has 1 heterocycles. The van der Waals surface area contributed by atoms with E-state index < -0.39 is 52.1 Å². The van der Waals surface area contributed by atoms with Crippen LogP contribution in [-0.4, -0.2) is 46.4 Å². The molecule has 2 N–H and O–H groups in total. The van der Waals surface area contributed by atoms with Gasteiger partial charge in [0.2, 0.25) is 10.0 Å². The molecule has 9 nitrogen and oxygen atoms in total. The monoisotopic (exact) mass is 658 g/mol. The molecule has 0 saturated heterocycles. The summed E-state index contributed by atoms with van der Waals surface area (Å²) in [7, 11) is -2.32. The Balaban J connectivity index is 1.63. The van der Waals surface area contributed by atoms with Gasteiger partial charge in [-0.15, -0.1) is 24.5 Å². The van der Waals surface area contributed by atoms with E-state index in [1.54, 1.807) is 6.07 Å². The maximum absolute atomic E-state index is 13.4. The number of alkyl halides is 5. The van der Waals surface area contributed by atoms with Gasteiger partial charge in [0.25, 0.3) is 5.91 Å². The molecule has 1 aromatic heterocycles. The number of carbonyl (C=O) groups excluding carboxylic acids is 2. The Morgan fingerprint density at radius 2 is 1.61 bits per heavy atom. The molecule has 4 rings (SSSR count). The summed E-state index contributed by atoms with van der Waals surface area (Å²) in [5.41, 5.74) is 0.105. The summed E-state index contributed by atoms with van der Waals surface area (Å²) in [6.07, 6.45) is -4.01. The summed E-state index contributed by atoms with van der Waals surface area (Å²) in [5.74, 6) is -3.56. The molecule has 1 amide bonds. The van der Waals surface area contributed by atoms with Gasteiger partial charge in [0.05, 0.1) is 18.2 Å². The Kier molecular flexibility index (Phi) is 9.34. The van der Waals surface area contributed by atoms with E-state index in [1.807, 2.05) is 0 Å². The van der Waals surface area contributed by atoms with Crippen molar-refractivity contribution in [1.82, 2.24) is 0 Å². The molecule has 1 atom stereocenters. The highest BCUT2D eigenvalue weighted by molar-refractivity contribution is 7.92. The average Bonchev–Trinajstić information content (AvgIpc) is 3.33. The van der Waals surface area contributed by atoms with Crippen LogP contribution in [-0.2, 0) is 10.0 Å². The molecule has 0 aliphatic heterocycles. The van der Waals surface area contributed by atoms with Crippen LogP contribution in [0.5, 0.6) is 17.2 Å². The van der Waals surface area contributed by atoms with Gasteiger partial charge in [0, 0.05) is 39.7 Å². The third-order valence-corrected chi connectivity index (χ3v) is 7.70. The van der Waals surface area contributed by atoms with Crippen molar-refractivity contribution >= 4 is 54.5 Å².